The summed E-state index contributed by atoms with van der Waals surface area (Å²) in [5.41, 5.74) is 0. The van der Waals surface area contributed by atoms with Crippen molar-refractivity contribution in [3.05, 3.63) is 0 Å². The lowest BCUT2D eigenvalue weighted by Gasteiger charge is -2.23. The highest BCUT2D eigenvalue weighted by atomic mass is 15.1. The van der Waals surface area contributed by atoms with Crippen LogP contribution in [0.3, 0.4) is 0 Å². The van der Waals surface area contributed by atoms with Crippen LogP contribution in [0.4, 0.5) is 0 Å². The lowest BCUT2D eigenvalue weighted by atomic mass is 10.1. The average Bonchev–Trinajstić information content (AvgIpc) is 2.05. The maximum Gasteiger partial charge on any atom is 0.0371 e. The maximum atomic E-state index is 4.55. The highest BCUT2D eigenvalue weighted by molar-refractivity contribution is 4.74. The SMILES string of the molecule is CN(C)CCCC1CNCC[N]1. The van der Waals surface area contributed by atoms with Crippen LogP contribution in [0, 0.1) is 0 Å². The van der Waals surface area contributed by atoms with Crippen LogP contribution < -0.4 is 10.6 Å². The van der Waals surface area contributed by atoms with Crippen molar-refractivity contribution in [3.8, 4) is 0 Å². The number of hydrogen-bond acceptors (Lipinski definition) is 2. The van der Waals surface area contributed by atoms with Gasteiger partial charge >= 0.3 is 0 Å². The standard InChI is InChI=1S/C9H20N3/c1-12(2)7-3-4-9-8-10-5-6-11-9/h9-10H,3-8H2,1-2H3. The third kappa shape index (κ3) is 4.04. The van der Waals surface area contributed by atoms with Gasteiger partial charge in [-0.15, -0.1) is 0 Å². The quantitative estimate of drug-likeness (QED) is 0.638. The van der Waals surface area contributed by atoms with Crippen molar-refractivity contribution < 1.29 is 0 Å². The first-order valence-corrected chi connectivity index (χ1v) is 4.81. The van der Waals surface area contributed by atoms with Crippen LogP contribution in [0.15, 0.2) is 0 Å². The summed E-state index contributed by atoms with van der Waals surface area (Å²) in [6, 6.07) is 0.582. The molecule has 1 aliphatic heterocycles. The minimum atomic E-state index is 0.582. The molecule has 0 saturated carbocycles. The summed E-state index contributed by atoms with van der Waals surface area (Å²) < 4.78 is 0. The molecule has 1 rings (SSSR count). The van der Waals surface area contributed by atoms with Gasteiger partial charge in [-0.2, -0.15) is 0 Å². The Morgan fingerprint density at radius 2 is 2.33 bits per heavy atom. The highest BCUT2D eigenvalue weighted by Crippen LogP contribution is 2.00. The van der Waals surface area contributed by atoms with Gasteiger partial charge < -0.3 is 10.2 Å². The van der Waals surface area contributed by atoms with Gasteiger partial charge in [-0.25, -0.2) is 5.32 Å². The van der Waals surface area contributed by atoms with Crippen molar-refractivity contribution in [1.29, 1.82) is 0 Å². The first-order valence-electron chi connectivity index (χ1n) is 4.81. The molecular formula is C9H20N3. The second-order valence-electron chi connectivity index (χ2n) is 3.71. The van der Waals surface area contributed by atoms with Gasteiger partial charge in [-0.1, -0.05) is 0 Å². The summed E-state index contributed by atoms with van der Waals surface area (Å²) in [7, 11) is 4.24. The van der Waals surface area contributed by atoms with Crippen LogP contribution in [-0.4, -0.2) is 51.2 Å². The summed E-state index contributed by atoms with van der Waals surface area (Å²) in [4.78, 5) is 2.23. The van der Waals surface area contributed by atoms with Crippen molar-refractivity contribution in [2.24, 2.45) is 0 Å². The van der Waals surface area contributed by atoms with E-state index in [1.807, 2.05) is 0 Å². The lowest BCUT2D eigenvalue weighted by Crippen LogP contribution is -2.44. The van der Waals surface area contributed by atoms with Gasteiger partial charge in [0.15, 0.2) is 0 Å². The summed E-state index contributed by atoms with van der Waals surface area (Å²) in [5.74, 6) is 0. The monoisotopic (exact) mass is 170 g/mol. The van der Waals surface area contributed by atoms with E-state index in [9.17, 15) is 0 Å². The molecule has 1 fully saturated rings. The van der Waals surface area contributed by atoms with Crippen molar-refractivity contribution in [3.63, 3.8) is 0 Å². The zero-order chi connectivity index (χ0) is 8.81. The van der Waals surface area contributed by atoms with E-state index in [4.69, 9.17) is 0 Å². The Morgan fingerprint density at radius 3 is 2.92 bits per heavy atom. The normalized spacial score (nSPS) is 24.8. The van der Waals surface area contributed by atoms with Gasteiger partial charge in [-0.3, -0.25) is 0 Å². The van der Waals surface area contributed by atoms with Gasteiger partial charge in [0.1, 0.15) is 0 Å². The molecule has 0 aromatic heterocycles. The van der Waals surface area contributed by atoms with Crippen molar-refractivity contribution >= 4 is 0 Å². The minimum absolute atomic E-state index is 0.582. The molecule has 71 valence electrons. The van der Waals surface area contributed by atoms with Crippen LogP contribution in [0.2, 0.25) is 0 Å². The van der Waals surface area contributed by atoms with Crippen LogP contribution in [-0.2, 0) is 0 Å². The Balaban J connectivity index is 1.98. The van der Waals surface area contributed by atoms with E-state index in [0.29, 0.717) is 6.04 Å². The fourth-order valence-corrected chi connectivity index (χ4v) is 1.50. The third-order valence-corrected chi connectivity index (χ3v) is 2.20. The third-order valence-electron chi connectivity index (χ3n) is 2.20. The van der Waals surface area contributed by atoms with Gasteiger partial charge in [0.25, 0.3) is 0 Å². The summed E-state index contributed by atoms with van der Waals surface area (Å²) >= 11 is 0. The summed E-state index contributed by atoms with van der Waals surface area (Å²) in [5, 5.41) is 7.91. The second-order valence-corrected chi connectivity index (χ2v) is 3.71. The molecule has 1 heterocycles. The van der Waals surface area contributed by atoms with Crippen LogP contribution in [0.5, 0.6) is 0 Å². The minimum Gasteiger partial charge on any atom is -0.314 e. The molecule has 0 aromatic rings. The predicted molar refractivity (Wildman–Crippen MR) is 51.4 cm³/mol. The number of piperazine rings is 1. The molecule has 0 amide bonds. The molecule has 3 heteroatoms. The lowest BCUT2D eigenvalue weighted by molar-refractivity contribution is 0.344. The Bertz CT molecular complexity index is 108. The first kappa shape index (κ1) is 9.96. The first-order chi connectivity index (χ1) is 5.79. The molecular weight excluding hydrogens is 150 g/mol. The van der Waals surface area contributed by atoms with Crippen molar-refractivity contribution in [2.75, 3.05) is 40.3 Å². The number of nitrogens with zero attached hydrogens (tertiary/aromatic N) is 2. The molecule has 1 saturated heterocycles. The second kappa shape index (κ2) is 5.51. The van der Waals surface area contributed by atoms with E-state index in [-0.39, 0.29) is 0 Å². The van der Waals surface area contributed by atoms with Gasteiger partial charge in [0, 0.05) is 25.7 Å². The van der Waals surface area contributed by atoms with Gasteiger partial charge in [-0.05, 0) is 33.5 Å². The molecule has 0 aliphatic carbocycles. The van der Waals surface area contributed by atoms with E-state index >= 15 is 0 Å². The Hall–Kier alpha value is -0.120. The zero-order valence-electron chi connectivity index (χ0n) is 8.21. The van der Waals surface area contributed by atoms with Crippen LogP contribution >= 0.6 is 0 Å². The summed E-state index contributed by atoms with van der Waals surface area (Å²) in [6.45, 7) is 4.36. The van der Waals surface area contributed by atoms with E-state index in [0.717, 1.165) is 19.6 Å². The van der Waals surface area contributed by atoms with Crippen molar-refractivity contribution in [1.82, 2.24) is 15.5 Å². The fraction of sp³-hybridized carbons (Fsp3) is 1.00. The Labute approximate surface area is 75.5 Å². The molecule has 1 unspecified atom stereocenters. The highest BCUT2D eigenvalue weighted by Gasteiger charge is 2.12. The van der Waals surface area contributed by atoms with E-state index < -0.39 is 0 Å². The molecule has 1 N–H and O–H groups in total. The maximum absolute atomic E-state index is 4.55. The van der Waals surface area contributed by atoms with Crippen LogP contribution in [0.25, 0.3) is 0 Å². The largest absolute Gasteiger partial charge is 0.314 e. The number of nitrogens with one attached hydrogen (secondary N) is 1. The molecule has 1 aliphatic rings. The molecule has 1 atom stereocenters. The smallest absolute Gasteiger partial charge is 0.0371 e. The average molecular weight is 170 g/mol. The number of hydrogen-bond donors (Lipinski definition) is 1. The molecule has 1 radical (unpaired) electrons. The van der Waals surface area contributed by atoms with E-state index in [1.54, 1.807) is 0 Å². The van der Waals surface area contributed by atoms with E-state index in [1.165, 1.54) is 19.4 Å². The summed E-state index contributed by atoms with van der Waals surface area (Å²) in [6.07, 6.45) is 2.51. The Kier molecular flexibility index (Phi) is 4.58. The van der Waals surface area contributed by atoms with Crippen molar-refractivity contribution in [2.45, 2.75) is 18.9 Å². The molecule has 12 heavy (non-hydrogen) atoms. The number of rotatable bonds is 4. The molecule has 0 aromatic carbocycles. The predicted octanol–water partition coefficient (Wildman–Crippen LogP) is -0.0956. The van der Waals surface area contributed by atoms with Gasteiger partial charge in [0.2, 0.25) is 0 Å². The van der Waals surface area contributed by atoms with Crippen LogP contribution in [0.1, 0.15) is 12.8 Å². The fourth-order valence-electron chi connectivity index (χ4n) is 1.50. The molecule has 0 bridgehead atoms. The molecule has 3 nitrogen and oxygen atoms in total. The van der Waals surface area contributed by atoms with Gasteiger partial charge in [0.05, 0.1) is 0 Å². The molecule has 0 spiro atoms. The topological polar surface area (TPSA) is 29.4 Å². The Morgan fingerprint density at radius 1 is 1.50 bits per heavy atom. The van der Waals surface area contributed by atoms with E-state index in [2.05, 4.69) is 29.6 Å². The zero-order valence-corrected chi connectivity index (χ0v) is 8.21.